The van der Waals surface area contributed by atoms with Crippen LogP contribution < -0.4 is 10.4 Å². The fraction of sp³-hybridized carbons (Fsp3) is 0.0909. The lowest BCUT2D eigenvalue weighted by molar-refractivity contribution is -0.255. The van der Waals surface area contributed by atoms with Crippen LogP contribution >= 0.6 is 0 Å². The van der Waals surface area contributed by atoms with E-state index < -0.39 is 5.97 Å². The fourth-order valence-corrected chi connectivity index (χ4v) is 2.77. The highest BCUT2D eigenvalue weighted by Crippen LogP contribution is 2.24. The molecule has 1 N–H and O–H groups in total. The van der Waals surface area contributed by atoms with Crippen LogP contribution in [0.2, 0.25) is 0 Å². The number of carboxylic acids is 1. The molecule has 0 aliphatic carbocycles. The first-order valence-corrected chi connectivity index (χ1v) is 8.34. The molecular weight excluding hydrogens is 326 g/mol. The third kappa shape index (κ3) is 4.36. The number of benzene rings is 3. The molecule has 0 saturated heterocycles. The van der Waals surface area contributed by atoms with Crippen LogP contribution in [0.15, 0.2) is 84.9 Å². The number of nitrogens with one attached hydrogen (secondary N) is 1. The number of carbonyl (C=O) groups excluding carboxylic acids is 2. The maximum Gasteiger partial charge on any atom is 0.165 e. The van der Waals surface area contributed by atoms with Crippen molar-refractivity contribution in [3.05, 3.63) is 102 Å². The number of aromatic carboxylic acids is 1. The Morgan fingerprint density at radius 2 is 1.35 bits per heavy atom. The van der Waals surface area contributed by atoms with Gasteiger partial charge in [-0.25, -0.2) is 0 Å². The molecular formula is C22H18NO3-. The maximum atomic E-state index is 12.6. The SMILES string of the molecule is O=C([O-])c1ccc(NC(CC(=O)c2ccccc2)c2ccccc2)cc1. The van der Waals surface area contributed by atoms with Crippen LogP contribution in [0.4, 0.5) is 5.69 Å². The number of rotatable bonds is 7. The lowest BCUT2D eigenvalue weighted by Crippen LogP contribution is -2.22. The van der Waals surface area contributed by atoms with Crippen molar-refractivity contribution in [2.24, 2.45) is 0 Å². The van der Waals surface area contributed by atoms with Crippen LogP contribution in [-0.4, -0.2) is 11.8 Å². The molecule has 130 valence electrons. The van der Waals surface area contributed by atoms with Crippen LogP contribution in [0, 0.1) is 0 Å². The number of carbonyl (C=O) groups is 2. The van der Waals surface area contributed by atoms with Crippen molar-refractivity contribution in [3.63, 3.8) is 0 Å². The van der Waals surface area contributed by atoms with Gasteiger partial charge in [0.2, 0.25) is 0 Å². The van der Waals surface area contributed by atoms with E-state index in [-0.39, 0.29) is 23.8 Å². The molecule has 0 bridgehead atoms. The van der Waals surface area contributed by atoms with E-state index in [1.165, 1.54) is 12.1 Å². The zero-order valence-corrected chi connectivity index (χ0v) is 14.1. The highest BCUT2D eigenvalue weighted by Gasteiger charge is 2.17. The Morgan fingerprint density at radius 1 is 0.769 bits per heavy atom. The molecule has 3 aromatic rings. The molecule has 0 aliphatic heterocycles. The second-order valence-corrected chi connectivity index (χ2v) is 5.97. The Kier molecular flexibility index (Phi) is 5.44. The molecule has 3 rings (SSSR count). The van der Waals surface area contributed by atoms with E-state index in [0.717, 1.165) is 11.3 Å². The number of hydrogen-bond donors (Lipinski definition) is 1. The van der Waals surface area contributed by atoms with Crippen molar-refractivity contribution in [1.82, 2.24) is 0 Å². The predicted octanol–water partition coefficient (Wildman–Crippen LogP) is 3.48. The number of ketones is 1. The van der Waals surface area contributed by atoms with Gasteiger partial charge in [-0.15, -0.1) is 0 Å². The average Bonchev–Trinajstić information content (AvgIpc) is 2.69. The van der Waals surface area contributed by atoms with Gasteiger partial charge in [0.05, 0.1) is 12.0 Å². The minimum Gasteiger partial charge on any atom is -0.545 e. The van der Waals surface area contributed by atoms with Gasteiger partial charge in [0.25, 0.3) is 0 Å². The Labute approximate surface area is 152 Å². The third-order valence-electron chi connectivity index (χ3n) is 4.15. The van der Waals surface area contributed by atoms with Crippen molar-refractivity contribution in [1.29, 1.82) is 0 Å². The highest BCUT2D eigenvalue weighted by molar-refractivity contribution is 5.96. The zero-order chi connectivity index (χ0) is 18.4. The second-order valence-electron chi connectivity index (χ2n) is 5.97. The van der Waals surface area contributed by atoms with Gasteiger partial charge in [0.1, 0.15) is 0 Å². The molecule has 3 aromatic carbocycles. The summed E-state index contributed by atoms with van der Waals surface area (Å²) < 4.78 is 0. The van der Waals surface area contributed by atoms with E-state index in [9.17, 15) is 14.7 Å². The topological polar surface area (TPSA) is 69.2 Å². The summed E-state index contributed by atoms with van der Waals surface area (Å²) >= 11 is 0. The van der Waals surface area contributed by atoms with Gasteiger partial charge in [-0.1, -0.05) is 72.8 Å². The lowest BCUT2D eigenvalue weighted by Gasteiger charge is -2.20. The number of anilines is 1. The summed E-state index contributed by atoms with van der Waals surface area (Å²) in [5.41, 5.74) is 2.51. The standard InChI is InChI=1S/C22H19NO3/c24-21(17-9-5-2-6-10-17)15-20(16-7-3-1-4-8-16)23-19-13-11-18(12-14-19)22(25)26/h1-14,20,23H,15H2,(H,25,26)/p-1. The minimum atomic E-state index is -1.21. The van der Waals surface area contributed by atoms with Crippen molar-refractivity contribution in [3.8, 4) is 0 Å². The van der Waals surface area contributed by atoms with Gasteiger partial charge in [-0.2, -0.15) is 0 Å². The first-order chi connectivity index (χ1) is 12.6. The summed E-state index contributed by atoms with van der Waals surface area (Å²) in [7, 11) is 0. The Hall–Kier alpha value is -3.40. The van der Waals surface area contributed by atoms with E-state index in [1.54, 1.807) is 24.3 Å². The molecule has 0 spiro atoms. The van der Waals surface area contributed by atoms with Gasteiger partial charge in [0.15, 0.2) is 5.78 Å². The number of hydrogen-bond acceptors (Lipinski definition) is 4. The van der Waals surface area contributed by atoms with Crippen LogP contribution in [0.25, 0.3) is 0 Å². The Bertz CT molecular complexity index is 874. The summed E-state index contributed by atoms with van der Waals surface area (Å²) in [4.78, 5) is 23.5. The monoisotopic (exact) mass is 344 g/mol. The van der Waals surface area contributed by atoms with E-state index >= 15 is 0 Å². The normalized spacial score (nSPS) is 11.5. The molecule has 0 aliphatic rings. The van der Waals surface area contributed by atoms with Crippen LogP contribution in [0.1, 0.15) is 38.7 Å². The molecule has 26 heavy (non-hydrogen) atoms. The summed E-state index contributed by atoms with van der Waals surface area (Å²) in [6, 6.07) is 25.0. The summed E-state index contributed by atoms with van der Waals surface area (Å²) in [5, 5.41) is 14.2. The molecule has 0 fully saturated rings. The third-order valence-corrected chi connectivity index (χ3v) is 4.15. The summed E-state index contributed by atoms with van der Waals surface area (Å²) in [6.07, 6.45) is 0.288. The van der Waals surface area contributed by atoms with Crippen molar-refractivity contribution >= 4 is 17.4 Å². The molecule has 4 heteroatoms. The zero-order valence-electron chi connectivity index (χ0n) is 14.1. The molecule has 0 aromatic heterocycles. The molecule has 0 amide bonds. The van der Waals surface area contributed by atoms with Gasteiger partial charge in [-0.3, -0.25) is 4.79 Å². The molecule has 0 radical (unpaired) electrons. The lowest BCUT2D eigenvalue weighted by atomic mass is 9.97. The second kappa shape index (κ2) is 8.12. The van der Waals surface area contributed by atoms with Crippen LogP contribution in [0.3, 0.4) is 0 Å². The van der Waals surface area contributed by atoms with Crippen molar-refractivity contribution in [2.45, 2.75) is 12.5 Å². The minimum absolute atomic E-state index is 0.0401. The summed E-state index contributed by atoms with van der Waals surface area (Å²) in [5.74, 6) is -1.17. The average molecular weight is 344 g/mol. The van der Waals surface area contributed by atoms with E-state index in [2.05, 4.69) is 5.32 Å². The predicted molar refractivity (Wildman–Crippen MR) is 99.0 cm³/mol. The first-order valence-electron chi connectivity index (χ1n) is 8.34. The Balaban J connectivity index is 1.82. The molecule has 1 unspecified atom stereocenters. The first kappa shape index (κ1) is 17.4. The van der Waals surface area contributed by atoms with Crippen LogP contribution in [-0.2, 0) is 0 Å². The van der Waals surface area contributed by atoms with E-state index in [1.807, 2.05) is 48.5 Å². The van der Waals surface area contributed by atoms with Gasteiger partial charge >= 0.3 is 0 Å². The molecule has 1 atom stereocenters. The number of carboxylic acid groups (broad SMARTS) is 1. The van der Waals surface area contributed by atoms with E-state index in [0.29, 0.717) is 5.56 Å². The Morgan fingerprint density at radius 3 is 1.92 bits per heavy atom. The molecule has 0 heterocycles. The quantitative estimate of drug-likeness (QED) is 0.666. The fourth-order valence-electron chi connectivity index (χ4n) is 2.77. The van der Waals surface area contributed by atoms with Crippen molar-refractivity contribution < 1.29 is 14.7 Å². The smallest absolute Gasteiger partial charge is 0.165 e. The summed E-state index contributed by atoms with van der Waals surface area (Å²) in [6.45, 7) is 0. The maximum absolute atomic E-state index is 12.6. The largest absolute Gasteiger partial charge is 0.545 e. The van der Waals surface area contributed by atoms with Gasteiger partial charge in [0, 0.05) is 17.7 Å². The molecule has 0 saturated carbocycles. The van der Waals surface area contributed by atoms with Gasteiger partial charge in [-0.05, 0) is 23.3 Å². The van der Waals surface area contributed by atoms with Gasteiger partial charge < -0.3 is 15.2 Å². The van der Waals surface area contributed by atoms with Crippen LogP contribution in [0.5, 0.6) is 0 Å². The van der Waals surface area contributed by atoms with E-state index in [4.69, 9.17) is 0 Å². The number of Topliss-reactive ketones (excluding diaryl/α,β-unsaturated/α-hetero) is 1. The highest BCUT2D eigenvalue weighted by atomic mass is 16.4. The van der Waals surface area contributed by atoms with Crippen molar-refractivity contribution in [2.75, 3.05) is 5.32 Å². The molecule has 4 nitrogen and oxygen atoms in total.